The summed E-state index contributed by atoms with van der Waals surface area (Å²) in [5, 5.41) is 0. The number of rotatable bonds is 2. The Bertz CT molecular complexity index is 450. The Hall–Kier alpha value is -0.850. The summed E-state index contributed by atoms with van der Waals surface area (Å²) in [6, 6.07) is 2.53. The van der Waals surface area contributed by atoms with Crippen molar-refractivity contribution >= 4 is 27.4 Å². The molecule has 0 spiro atoms. The first kappa shape index (κ1) is 13.1. The maximum atomic E-state index is 6.06. The van der Waals surface area contributed by atoms with Gasteiger partial charge < -0.3 is 15.4 Å². The van der Waals surface area contributed by atoms with Crippen LogP contribution in [0.3, 0.4) is 0 Å². The second-order valence-corrected chi connectivity index (χ2v) is 6.02. The van der Waals surface area contributed by atoms with Crippen molar-refractivity contribution in [1.82, 2.24) is 9.88 Å². The average Bonchev–Trinajstić information content (AvgIpc) is 2.89. The quantitative estimate of drug-likeness (QED) is 0.888. The number of hydrogen-bond acceptors (Lipinski definition) is 5. The summed E-state index contributed by atoms with van der Waals surface area (Å²) in [4.78, 5) is 9.27. The van der Waals surface area contributed by atoms with Crippen LogP contribution >= 0.6 is 15.9 Å². The van der Waals surface area contributed by atoms with Crippen molar-refractivity contribution in [2.45, 2.75) is 12.5 Å². The van der Waals surface area contributed by atoms with E-state index in [1.54, 1.807) is 0 Å². The zero-order valence-corrected chi connectivity index (χ0v) is 12.5. The lowest BCUT2D eigenvalue weighted by Gasteiger charge is -2.32. The van der Waals surface area contributed by atoms with E-state index in [4.69, 9.17) is 10.5 Å². The molecule has 3 rings (SSSR count). The van der Waals surface area contributed by atoms with Crippen LogP contribution in [0, 0.1) is 0 Å². The maximum Gasteiger partial charge on any atom is 0.151 e. The fraction of sp³-hybridized carbons (Fsp3) is 0.615. The molecule has 2 aliphatic heterocycles. The third-order valence-electron chi connectivity index (χ3n) is 3.89. The van der Waals surface area contributed by atoms with E-state index in [1.807, 2.05) is 12.3 Å². The Morgan fingerprint density at radius 1 is 1.32 bits per heavy atom. The molecule has 1 aromatic rings. The number of anilines is 2. The highest BCUT2D eigenvalue weighted by Gasteiger charge is 2.30. The zero-order valence-electron chi connectivity index (χ0n) is 10.9. The number of morpholine rings is 1. The van der Waals surface area contributed by atoms with Crippen molar-refractivity contribution in [1.29, 1.82) is 0 Å². The molecule has 19 heavy (non-hydrogen) atoms. The summed E-state index contributed by atoms with van der Waals surface area (Å²) < 4.78 is 6.34. The predicted molar refractivity (Wildman–Crippen MR) is 79.4 cm³/mol. The van der Waals surface area contributed by atoms with Gasteiger partial charge in [0.25, 0.3) is 0 Å². The summed E-state index contributed by atoms with van der Waals surface area (Å²) in [7, 11) is 0. The van der Waals surface area contributed by atoms with Gasteiger partial charge in [-0.05, 0) is 28.4 Å². The third kappa shape index (κ3) is 2.85. The van der Waals surface area contributed by atoms with E-state index in [-0.39, 0.29) is 0 Å². The van der Waals surface area contributed by atoms with E-state index in [2.05, 4.69) is 30.7 Å². The van der Waals surface area contributed by atoms with Gasteiger partial charge in [0, 0.05) is 42.9 Å². The van der Waals surface area contributed by atoms with E-state index in [1.165, 1.54) is 6.42 Å². The molecule has 0 radical (unpaired) electrons. The fourth-order valence-electron chi connectivity index (χ4n) is 2.89. The van der Waals surface area contributed by atoms with Crippen LogP contribution in [0.5, 0.6) is 0 Å². The van der Waals surface area contributed by atoms with Gasteiger partial charge in [0.05, 0.1) is 18.9 Å². The van der Waals surface area contributed by atoms with Crippen LogP contribution in [0.25, 0.3) is 0 Å². The molecule has 1 unspecified atom stereocenters. The van der Waals surface area contributed by atoms with Gasteiger partial charge in [-0.25, -0.2) is 4.98 Å². The first-order chi connectivity index (χ1) is 9.24. The lowest BCUT2D eigenvalue weighted by Crippen LogP contribution is -2.44. The number of nitrogens with zero attached hydrogens (tertiary/aromatic N) is 3. The van der Waals surface area contributed by atoms with E-state index in [0.717, 1.165) is 55.4 Å². The number of pyridine rings is 1. The van der Waals surface area contributed by atoms with E-state index >= 15 is 0 Å². The van der Waals surface area contributed by atoms with Gasteiger partial charge in [-0.2, -0.15) is 0 Å². The van der Waals surface area contributed by atoms with E-state index in [0.29, 0.717) is 6.04 Å². The van der Waals surface area contributed by atoms with Crippen LogP contribution in [0.2, 0.25) is 0 Å². The van der Waals surface area contributed by atoms with Gasteiger partial charge >= 0.3 is 0 Å². The lowest BCUT2D eigenvalue weighted by atomic mass is 10.2. The van der Waals surface area contributed by atoms with Crippen molar-refractivity contribution in [2.24, 2.45) is 0 Å². The van der Waals surface area contributed by atoms with Crippen molar-refractivity contribution in [3.63, 3.8) is 0 Å². The van der Waals surface area contributed by atoms with Crippen LogP contribution in [0.15, 0.2) is 16.7 Å². The van der Waals surface area contributed by atoms with Crippen LogP contribution in [0.1, 0.15) is 6.42 Å². The lowest BCUT2D eigenvalue weighted by molar-refractivity contribution is 0.0209. The summed E-state index contributed by atoms with van der Waals surface area (Å²) >= 11 is 3.40. The molecule has 3 heterocycles. The molecular formula is C13H19BrN4O. The smallest absolute Gasteiger partial charge is 0.151 e. The number of hydrogen-bond donors (Lipinski definition) is 1. The van der Waals surface area contributed by atoms with E-state index in [9.17, 15) is 0 Å². The topological polar surface area (TPSA) is 54.6 Å². The minimum absolute atomic E-state index is 0.605. The summed E-state index contributed by atoms with van der Waals surface area (Å²) in [5.41, 5.74) is 6.80. The number of nitrogen functional groups attached to an aromatic ring is 1. The average molecular weight is 327 g/mol. The summed E-state index contributed by atoms with van der Waals surface area (Å²) in [6.07, 6.45) is 2.99. The fourth-order valence-corrected chi connectivity index (χ4v) is 3.24. The normalized spacial score (nSPS) is 24.9. The molecule has 5 nitrogen and oxygen atoms in total. The number of halogens is 1. The third-order valence-corrected chi connectivity index (χ3v) is 4.32. The largest absolute Gasteiger partial charge is 0.396 e. The van der Waals surface area contributed by atoms with Gasteiger partial charge in [0.15, 0.2) is 5.82 Å². The van der Waals surface area contributed by atoms with Gasteiger partial charge in [-0.15, -0.1) is 0 Å². The number of aromatic nitrogens is 1. The molecule has 0 amide bonds. The Balaban J connectivity index is 1.67. The molecule has 6 heteroatoms. The molecule has 2 saturated heterocycles. The standard InChI is InChI=1S/C13H19BrN4O/c14-10-7-12(15)13(16-8-10)18-2-1-11(9-18)17-3-5-19-6-4-17/h7-8,11H,1-6,9,15H2. The van der Waals surface area contributed by atoms with Crippen LogP contribution in [0.4, 0.5) is 11.5 Å². The van der Waals surface area contributed by atoms with Gasteiger partial charge in [0.2, 0.25) is 0 Å². The minimum atomic E-state index is 0.605. The van der Waals surface area contributed by atoms with Crippen molar-refractivity contribution < 1.29 is 4.74 Å². The zero-order chi connectivity index (χ0) is 13.2. The summed E-state index contributed by atoms with van der Waals surface area (Å²) in [5.74, 6) is 0.916. The molecule has 104 valence electrons. The molecular weight excluding hydrogens is 308 g/mol. The predicted octanol–water partition coefficient (Wildman–Crippen LogP) is 1.34. The first-order valence-electron chi connectivity index (χ1n) is 6.72. The van der Waals surface area contributed by atoms with Crippen LogP contribution in [-0.2, 0) is 4.74 Å². The van der Waals surface area contributed by atoms with E-state index < -0.39 is 0 Å². The Kier molecular flexibility index (Phi) is 3.91. The van der Waals surface area contributed by atoms with Crippen LogP contribution < -0.4 is 10.6 Å². The monoisotopic (exact) mass is 326 g/mol. The van der Waals surface area contributed by atoms with Crippen molar-refractivity contribution in [3.8, 4) is 0 Å². The second-order valence-electron chi connectivity index (χ2n) is 5.10. The molecule has 0 saturated carbocycles. The number of ether oxygens (including phenoxy) is 1. The molecule has 1 atom stereocenters. The van der Waals surface area contributed by atoms with Crippen LogP contribution in [-0.4, -0.2) is 55.3 Å². The van der Waals surface area contributed by atoms with Gasteiger partial charge in [0.1, 0.15) is 0 Å². The highest BCUT2D eigenvalue weighted by atomic mass is 79.9. The Morgan fingerprint density at radius 3 is 2.84 bits per heavy atom. The molecule has 0 bridgehead atoms. The molecule has 1 aromatic heterocycles. The SMILES string of the molecule is Nc1cc(Br)cnc1N1CCC(N2CCOCC2)C1. The highest BCUT2D eigenvalue weighted by Crippen LogP contribution is 2.28. The highest BCUT2D eigenvalue weighted by molar-refractivity contribution is 9.10. The summed E-state index contributed by atoms with van der Waals surface area (Å²) in [6.45, 7) is 5.84. The first-order valence-corrected chi connectivity index (χ1v) is 7.51. The second kappa shape index (κ2) is 5.64. The van der Waals surface area contributed by atoms with Gasteiger partial charge in [-0.1, -0.05) is 0 Å². The minimum Gasteiger partial charge on any atom is -0.396 e. The molecule has 0 aliphatic carbocycles. The Labute approximate surface area is 121 Å². The van der Waals surface area contributed by atoms with Crippen molar-refractivity contribution in [2.75, 3.05) is 50.0 Å². The molecule has 2 aliphatic rings. The molecule has 2 fully saturated rings. The number of nitrogens with two attached hydrogens (primary N) is 1. The van der Waals surface area contributed by atoms with Crippen molar-refractivity contribution in [3.05, 3.63) is 16.7 Å². The Morgan fingerprint density at radius 2 is 2.11 bits per heavy atom. The molecule has 2 N–H and O–H groups in total. The molecule has 0 aromatic carbocycles. The van der Waals surface area contributed by atoms with Gasteiger partial charge in [-0.3, -0.25) is 4.90 Å². The maximum absolute atomic E-state index is 6.06.